The van der Waals surface area contributed by atoms with Gasteiger partial charge in [-0.3, -0.25) is 9.78 Å². The maximum atomic E-state index is 13.3. The van der Waals surface area contributed by atoms with Crippen molar-refractivity contribution in [3.63, 3.8) is 0 Å². The van der Waals surface area contributed by atoms with E-state index in [2.05, 4.69) is 9.72 Å². The number of urea groups is 1. The van der Waals surface area contributed by atoms with E-state index in [0.29, 0.717) is 5.02 Å². The maximum Gasteiger partial charge on any atom is 0.573 e. The Morgan fingerprint density at radius 2 is 1.68 bits per heavy atom. The molecular weight excluding hydrogens is 471 g/mol. The molecule has 1 saturated heterocycles. The highest BCUT2D eigenvalue weighted by atomic mass is 35.5. The van der Waals surface area contributed by atoms with Crippen LogP contribution in [0, 0.1) is 0 Å². The number of imide groups is 1. The van der Waals surface area contributed by atoms with Crippen LogP contribution in [0.15, 0.2) is 67.0 Å². The zero-order valence-electron chi connectivity index (χ0n) is 18.1. The number of pyridine rings is 1. The first kappa shape index (κ1) is 23.6. The molecule has 2 aromatic carbocycles. The first-order valence-corrected chi connectivity index (χ1v) is 10.6. The van der Waals surface area contributed by atoms with E-state index in [-0.39, 0.29) is 12.2 Å². The number of rotatable bonds is 5. The van der Waals surface area contributed by atoms with Gasteiger partial charge in [0.2, 0.25) is 0 Å². The third-order valence-electron chi connectivity index (χ3n) is 5.56. The highest BCUT2D eigenvalue weighted by molar-refractivity contribution is 6.33. The summed E-state index contributed by atoms with van der Waals surface area (Å²) in [6, 6.07) is 12.9. The standard InChI is InChI=1S/C24H19ClF3N3O3/c1-23(2)21(32)31(16-7-9-17(10-8-16)34-24(26,27)28)22(33)30(23)14-15-11-12-29-13-19(15)18-5-3-4-6-20(18)25/h3-13H,14H2,1-2H3. The minimum Gasteiger partial charge on any atom is -0.406 e. The van der Waals surface area contributed by atoms with Crippen LogP contribution < -0.4 is 9.64 Å². The molecule has 6 nitrogen and oxygen atoms in total. The molecule has 0 atom stereocenters. The Kier molecular flexibility index (Phi) is 5.99. The molecule has 10 heteroatoms. The molecule has 1 aliphatic rings. The summed E-state index contributed by atoms with van der Waals surface area (Å²) in [6.45, 7) is 3.32. The number of anilines is 1. The molecule has 0 N–H and O–H groups in total. The molecule has 3 amide bonds. The molecule has 2 heterocycles. The normalized spacial score (nSPS) is 15.7. The first-order valence-electron chi connectivity index (χ1n) is 10.2. The van der Waals surface area contributed by atoms with Crippen LogP contribution >= 0.6 is 11.6 Å². The number of ether oxygens (including phenoxy) is 1. The van der Waals surface area contributed by atoms with Crippen molar-refractivity contribution in [3.05, 3.63) is 77.6 Å². The molecule has 0 saturated carbocycles. The summed E-state index contributed by atoms with van der Waals surface area (Å²) >= 11 is 6.36. The topological polar surface area (TPSA) is 62.7 Å². The largest absolute Gasteiger partial charge is 0.573 e. The van der Waals surface area contributed by atoms with E-state index in [4.69, 9.17) is 11.6 Å². The monoisotopic (exact) mass is 489 g/mol. The average Bonchev–Trinajstić information content (AvgIpc) is 2.94. The molecule has 0 aliphatic carbocycles. The van der Waals surface area contributed by atoms with Crippen LogP contribution in [0.5, 0.6) is 5.75 Å². The van der Waals surface area contributed by atoms with E-state index in [1.54, 1.807) is 44.4 Å². The molecule has 34 heavy (non-hydrogen) atoms. The van der Waals surface area contributed by atoms with Gasteiger partial charge in [-0.05, 0) is 55.8 Å². The van der Waals surface area contributed by atoms with Crippen molar-refractivity contribution in [2.24, 2.45) is 0 Å². The molecule has 3 aromatic rings. The lowest BCUT2D eigenvalue weighted by molar-refractivity contribution is -0.274. The number of amides is 3. The number of halogens is 4. The van der Waals surface area contributed by atoms with Gasteiger partial charge >= 0.3 is 12.4 Å². The Bertz CT molecular complexity index is 1250. The molecule has 1 aliphatic heterocycles. The Labute approximate surface area is 198 Å². The molecule has 0 bridgehead atoms. The van der Waals surface area contributed by atoms with E-state index < -0.39 is 29.6 Å². The van der Waals surface area contributed by atoms with Gasteiger partial charge in [0.1, 0.15) is 11.3 Å². The second-order valence-corrected chi connectivity index (χ2v) is 8.53. The van der Waals surface area contributed by atoms with E-state index in [0.717, 1.165) is 33.7 Å². The summed E-state index contributed by atoms with van der Waals surface area (Å²) in [5.74, 6) is -0.956. The summed E-state index contributed by atoms with van der Waals surface area (Å²) < 4.78 is 41.2. The number of hydrogen-bond donors (Lipinski definition) is 0. The van der Waals surface area contributed by atoms with Crippen molar-refractivity contribution in [2.75, 3.05) is 4.90 Å². The zero-order chi connectivity index (χ0) is 24.7. The van der Waals surface area contributed by atoms with Gasteiger partial charge in [0.25, 0.3) is 5.91 Å². The smallest absolute Gasteiger partial charge is 0.406 e. The van der Waals surface area contributed by atoms with Crippen molar-refractivity contribution in [1.82, 2.24) is 9.88 Å². The number of nitrogens with zero attached hydrogens (tertiary/aromatic N) is 3. The van der Waals surface area contributed by atoms with Gasteiger partial charge in [-0.15, -0.1) is 13.2 Å². The van der Waals surface area contributed by atoms with E-state index in [1.165, 1.54) is 17.0 Å². The third kappa shape index (κ3) is 4.43. The van der Waals surface area contributed by atoms with Crippen LogP contribution in [0.4, 0.5) is 23.7 Å². The lowest BCUT2D eigenvalue weighted by Gasteiger charge is -2.28. The highest BCUT2D eigenvalue weighted by Gasteiger charge is 2.52. The number of aromatic nitrogens is 1. The molecule has 0 radical (unpaired) electrons. The third-order valence-corrected chi connectivity index (χ3v) is 5.89. The van der Waals surface area contributed by atoms with Crippen LogP contribution in [-0.2, 0) is 11.3 Å². The lowest BCUT2D eigenvalue weighted by atomic mass is 9.99. The molecule has 0 spiro atoms. The summed E-state index contributed by atoms with van der Waals surface area (Å²) in [6.07, 6.45) is -1.62. The maximum absolute atomic E-state index is 13.3. The molecule has 1 fully saturated rings. The average molecular weight is 490 g/mol. The fourth-order valence-electron chi connectivity index (χ4n) is 3.78. The summed E-state index contributed by atoms with van der Waals surface area (Å²) in [5, 5.41) is 0.516. The predicted octanol–water partition coefficient (Wildman–Crippen LogP) is 6.05. The van der Waals surface area contributed by atoms with Crippen molar-refractivity contribution in [3.8, 4) is 16.9 Å². The quantitative estimate of drug-likeness (QED) is 0.409. The van der Waals surface area contributed by atoms with Gasteiger partial charge in [-0.1, -0.05) is 29.8 Å². The van der Waals surface area contributed by atoms with Crippen LogP contribution in [0.2, 0.25) is 5.02 Å². The SMILES string of the molecule is CC1(C)C(=O)N(c2ccc(OC(F)(F)F)cc2)C(=O)N1Cc1ccncc1-c1ccccc1Cl. The Balaban J connectivity index is 1.65. The fraction of sp³-hybridized carbons (Fsp3) is 0.208. The number of benzene rings is 2. The van der Waals surface area contributed by atoms with Gasteiger partial charge < -0.3 is 9.64 Å². The summed E-state index contributed by atoms with van der Waals surface area (Å²) in [7, 11) is 0. The first-order chi connectivity index (χ1) is 16.0. The van der Waals surface area contributed by atoms with Crippen molar-refractivity contribution in [2.45, 2.75) is 32.3 Å². The van der Waals surface area contributed by atoms with Crippen LogP contribution in [0.1, 0.15) is 19.4 Å². The molecule has 176 valence electrons. The predicted molar refractivity (Wildman–Crippen MR) is 120 cm³/mol. The molecular formula is C24H19ClF3N3O3. The van der Waals surface area contributed by atoms with E-state index >= 15 is 0 Å². The minimum absolute atomic E-state index is 0.0897. The zero-order valence-corrected chi connectivity index (χ0v) is 18.9. The Morgan fingerprint density at radius 1 is 1.00 bits per heavy atom. The van der Waals surface area contributed by atoms with Crippen molar-refractivity contribution < 1.29 is 27.5 Å². The Morgan fingerprint density at radius 3 is 2.32 bits per heavy atom. The minimum atomic E-state index is -4.84. The summed E-state index contributed by atoms with van der Waals surface area (Å²) in [4.78, 5) is 33.1. The van der Waals surface area contributed by atoms with Crippen LogP contribution in [0.25, 0.3) is 11.1 Å². The molecule has 1 aromatic heterocycles. The highest BCUT2D eigenvalue weighted by Crippen LogP contribution is 2.37. The lowest BCUT2D eigenvalue weighted by Crippen LogP contribution is -2.43. The molecule has 0 unspecified atom stereocenters. The van der Waals surface area contributed by atoms with Gasteiger partial charge in [0.05, 0.1) is 5.69 Å². The van der Waals surface area contributed by atoms with Gasteiger partial charge in [-0.2, -0.15) is 0 Å². The summed E-state index contributed by atoms with van der Waals surface area (Å²) in [5.41, 5.74) is 1.12. The number of carbonyl (C=O) groups excluding carboxylic acids is 2. The van der Waals surface area contributed by atoms with Crippen LogP contribution in [-0.4, -0.2) is 33.7 Å². The number of carbonyl (C=O) groups is 2. The number of hydrogen-bond acceptors (Lipinski definition) is 4. The number of alkyl halides is 3. The van der Waals surface area contributed by atoms with Gasteiger partial charge in [0.15, 0.2) is 0 Å². The second-order valence-electron chi connectivity index (χ2n) is 8.12. The fourth-order valence-corrected chi connectivity index (χ4v) is 4.02. The van der Waals surface area contributed by atoms with Gasteiger partial charge in [0, 0.05) is 35.1 Å². The van der Waals surface area contributed by atoms with Crippen molar-refractivity contribution >= 4 is 29.2 Å². The van der Waals surface area contributed by atoms with Crippen LogP contribution in [0.3, 0.4) is 0 Å². The van der Waals surface area contributed by atoms with E-state index in [9.17, 15) is 22.8 Å². The van der Waals surface area contributed by atoms with Crippen molar-refractivity contribution in [1.29, 1.82) is 0 Å². The Hall–Kier alpha value is -3.59. The second kappa shape index (κ2) is 8.64. The molecule has 4 rings (SSSR count). The van der Waals surface area contributed by atoms with Gasteiger partial charge in [-0.25, -0.2) is 9.69 Å². The van der Waals surface area contributed by atoms with E-state index in [1.807, 2.05) is 12.1 Å².